The second-order valence-electron chi connectivity index (χ2n) is 3.56. The summed E-state index contributed by atoms with van der Waals surface area (Å²) in [6, 6.07) is 0.142. The van der Waals surface area contributed by atoms with Gasteiger partial charge >= 0.3 is 0 Å². The largest absolute Gasteiger partial charge is 0.398 e. The van der Waals surface area contributed by atoms with E-state index in [1.807, 2.05) is 20.8 Å². The first-order valence-corrected chi connectivity index (χ1v) is 5.34. The molecule has 2 N–H and O–H groups in total. The maximum atomic E-state index is 5.84. The van der Waals surface area contributed by atoms with Gasteiger partial charge in [-0.15, -0.1) is 0 Å². The van der Waals surface area contributed by atoms with E-state index in [-0.39, 0.29) is 6.04 Å². The van der Waals surface area contributed by atoms with Gasteiger partial charge in [0.15, 0.2) is 5.84 Å². The van der Waals surface area contributed by atoms with Crippen molar-refractivity contribution in [1.82, 2.24) is 0 Å². The predicted octanol–water partition coefficient (Wildman–Crippen LogP) is 2.26. The Bertz CT molecular complexity index is 365. The molecular weight excluding hydrogens is 216 g/mol. The van der Waals surface area contributed by atoms with Crippen LogP contribution in [0.3, 0.4) is 0 Å². The summed E-state index contributed by atoms with van der Waals surface area (Å²) in [4.78, 5) is 12.9. The lowest BCUT2D eigenvalue weighted by Gasteiger charge is -2.05. The summed E-state index contributed by atoms with van der Waals surface area (Å²) in [6.45, 7) is 11.0. The van der Waals surface area contributed by atoms with Crippen LogP contribution in [0.2, 0.25) is 0 Å². The van der Waals surface area contributed by atoms with Gasteiger partial charge in [-0.3, -0.25) is 4.99 Å². The fourth-order valence-electron chi connectivity index (χ4n) is 0.955. The summed E-state index contributed by atoms with van der Waals surface area (Å²) in [5, 5.41) is 3.56. The van der Waals surface area contributed by atoms with Gasteiger partial charge < -0.3 is 10.6 Å². The molecule has 0 amide bonds. The smallest absolute Gasteiger partial charge is 0.151 e. The van der Waals surface area contributed by atoms with Gasteiger partial charge in [-0.1, -0.05) is 5.16 Å². The van der Waals surface area contributed by atoms with Crippen molar-refractivity contribution in [3.63, 3.8) is 0 Å². The zero-order chi connectivity index (χ0) is 13.3. The van der Waals surface area contributed by atoms with E-state index >= 15 is 0 Å². The third kappa shape index (κ3) is 6.29. The molecule has 0 radical (unpaired) electrons. The molecule has 0 spiro atoms. The molecule has 0 saturated carbocycles. The van der Waals surface area contributed by atoms with Crippen LogP contribution in [0.15, 0.2) is 38.7 Å². The third-order valence-corrected chi connectivity index (χ3v) is 1.77. The molecule has 0 rings (SSSR count). The first-order valence-electron chi connectivity index (χ1n) is 5.34. The van der Waals surface area contributed by atoms with Crippen LogP contribution in [-0.2, 0) is 4.84 Å². The molecule has 0 aromatic heterocycles. The molecule has 0 bridgehead atoms. The molecule has 0 heterocycles. The normalized spacial score (nSPS) is 14.5. The number of allylic oxidation sites excluding steroid dienone is 1. The van der Waals surface area contributed by atoms with E-state index in [2.05, 4.69) is 21.9 Å². The number of rotatable bonds is 5. The first kappa shape index (κ1) is 15.1. The third-order valence-electron chi connectivity index (χ3n) is 1.77. The predicted molar refractivity (Wildman–Crippen MR) is 73.4 cm³/mol. The van der Waals surface area contributed by atoms with Crippen molar-refractivity contribution in [2.24, 2.45) is 20.9 Å². The number of nitrogens with two attached hydrogens (primary N) is 1. The van der Waals surface area contributed by atoms with Crippen molar-refractivity contribution in [3.05, 3.63) is 23.6 Å². The van der Waals surface area contributed by atoms with E-state index < -0.39 is 0 Å². The zero-order valence-corrected chi connectivity index (χ0v) is 10.8. The second kappa shape index (κ2) is 8.27. The topological polar surface area (TPSA) is 72.3 Å². The van der Waals surface area contributed by atoms with Crippen LogP contribution >= 0.6 is 0 Å². The molecule has 0 saturated heterocycles. The second-order valence-corrected chi connectivity index (χ2v) is 3.56. The van der Waals surface area contributed by atoms with E-state index in [4.69, 9.17) is 10.6 Å². The highest BCUT2D eigenvalue weighted by molar-refractivity contribution is 6.01. The van der Waals surface area contributed by atoms with E-state index in [0.29, 0.717) is 11.5 Å². The Balaban J connectivity index is 4.88. The molecule has 0 unspecified atom stereocenters. The Morgan fingerprint density at radius 1 is 1.41 bits per heavy atom. The Hall–Kier alpha value is -1.91. The molecule has 0 aromatic carbocycles. The maximum Gasteiger partial charge on any atom is 0.151 e. The lowest BCUT2D eigenvalue weighted by Crippen LogP contribution is -2.08. The van der Waals surface area contributed by atoms with Crippen LogP contribution in [0.25, 0.3) is 0 Å². The van der Waals surface area contributed by atoms with E-state index in [9.17, 15) is 0 Å². The van der Waals surface area contributed by atoms with Crippen LogP contribution < -0.4 is 5.73 Å². The number of amidine groups is 1. The SMILES string of the molecule is C=NC(=NC(C)C)C(C)=C(N)/C=C/O/N=C/C. The number of hydrogen-bond acceptors (Lipinski definition) is 4. The number of nitrogens with zero attached hydrogens (tertiary/aromatic N) is 3. The van der Waals surface area contributed by atoms with Gasteiger partial charge in [0.25, 0.3) is 0 Å². The quantitative estimate of drug-likeness (QED) is 0.261. The van der Waals surface area contributed by atoms with Crippen molar-refractivity contribution < 1.29 is 4.84 Å². The lowest BCUT2D eigenvalue weighted by molar-refractivity contribution is 0.270. The van der Waals surface area contributed by atoms with Crippen molar-refractivity contribution in [1.29, 1.82) is 0 Å². The first-order chi connectivity index (χ1) is 8.02. The van der Waals surface area contributed by atoms with Crippen LogP contribution in [-0.4, -0.2) is 24.8 Å². The van der Waals surface area contributed by atoms with Crippen molar-refractivity contribution in [3.8, 4) is 0 Å². The summed E-state index contributed by atoms with van der Waals surface area (Å²) in [5.41, 5.74) is 7.12. The number of oxime groups is 1. The average Bonchev–Trinajstić information content (AvgIpc) is 2.30. The summed E-state index contributed by atoms with van der Waals surface area (Å²) >= 11 is 0. The Labute approximate surface area is 102 Å². The summed E-state index contributed by atoms with van der Waals surface area (Å²) in [5.74, 6) is 0.543. The molecule has 0 aromatic rings. The summed E-state index contributed by atoms with van der Waals surface area (Å²) < 4.78 is 0. The zero-order valence-electron chi connectivity index (χ0n) is 10.8. The van der Waals surface area contributed by atoms with Gasteiger partial charge in [0.2, 0.25) is 0 Å². The molecule has 0 aliphatic carbocycles. The molecule has 0 aliphatic rings. The molecular formula is C12H20N4O. The van der Waals surface area contributed by atoms with Crippen LogP contribution in [0.5, 0.6) is 0 Å². The van der Waals surface area contributed by atoms with Crippen LogP contribution in [0.4, 0.5) is 0 Å². The van der Waals surface area contributed by atoms with Crippen molar-refractivity contribution >= 4 is 18.8 Å². The highest BCUT2D eigenvalue weighted by Gasteiger charge is 2.03. The molecule has 0 aliphatic heterocycles. The van der Waals surface area contributed by atoms with E-state index in [1.165, 1.54) is 12.5 Å². The fourth-order valence-corrected chi connectivity index (χ4v) is 0.955. The van der Waals surface area contributed by atoms with Crippen molar-refractivity contribution in [2.45, 2.75) is 33.7 Å². The molecule has 94 valence electrons. The number of aliphatic imine (C=N–C) groups is 2. The highest BCUT2D eigenvalue weighted by atomic mass is 16.6. The lowest BCUT2D eigenvalue weighted by atomic mass is 10.2. The average molecular weight is 236 g/mol. The monoisotopic (exact) mass is 236 g/mol. The summed E-state index contributed by atoms with van der Waals surface area (Å²) in [7, 11) is 0. The minimum atomic E-state index is 0.142. The molecule has 0 fully saturated rings. The minimum Gasteiger partial charge on any atom is -0.398 e. The Kier molecular flexibility index (Phi) is 7.34. The van der Waals surface area contributed by atoms with Crippen LogP contribution in [0, 0.1) is 0 Å². The van der Waals surface area contributed by atoms with E-state index in [1.54, 1.807) is 13.0 Å². The van der Waals surface area contributed by atoms with Gasteiger partial charge in [-0.05, 0) is 40.5 Å². The molecule has 0 atom stereocenters. The standard InChI is InChI=1S/C12H20N4O/c1-6-15-17-8-7-11(13)10(4)12(14-5)16-9(2)3/h6-9H,5,13H2,1-4H3/b8-7+,11-10?,15-6+,16-12?. The molecule has 17 heavy (non-hydrogen) atoms. The Morgan fingerprint density at radius 3 is 2.53 bits per heavy atom. The van der Waals surface area contributed by atoms with E-state index in [0.717, 1.165) is 5.57 Å². The van der Waals surface area contributed by atoms with Gasteiger partial charge in [0.05, 0.1) is 0 Å². The van der Waals surface area contributed by atoms with Gasteiger partial charge in [0, 0.05) is 23.5 Å². The highest BCUT2D eigenvalue weighted by Crippen LogP contribution is 2.06. The fraction of sp³-hybridized carbons (Fsp3) is 0.417. The maximum absolute atomic E-state index is 5.84. The molecule has 5 heteroatoms. The number of hydrogen-bond donors (Lipinski definition) is 1. The van der Waals surface area contributed by atoms with Crippen molar-refractivity contribution in [2.75, 3.05) is 0 Å². The van der Waals surface area contributed by atoms with Gasteiger partial charge in [0.1, 0.15) is 6.26 Å². The molecule has 5 nitrogen and oxygen atoms in total. The Morgan fingerprint density at radius 2 is 2.06 bits per heavy atom. The minimum absolute atomic E-state index is 0.142. The summed E-state index contributed by atoms with van der Waals surface area (Å²) in [6.07, 6.45) is 4.53. The van der Waals surface area contributed by atoms with Crippen LogP contribution in [0.1, 0.15) is 27.7 Å². The van der Waals surface area contributed by atoms with Gasteiger partial charge in [-0.2, -0.15) is 0 Å². The van der Waals surface area contributed by atoms with Gasteiger partial charge in [-0.25, -0.2) is 4.99 Å².